The Kier molecular flexibility index (Phi) is 6.41. The highest BCUT2D eigenvalue weighted by Gasteiger charge is 2.36. The van der Waals surface area contributed by atoms with Crippen molar-refractivity contribution in [3.8, 4) is 0 Å². The molecule has 23 heavy (non-hydrogen) atoms. The zero-order valence-corrected chi connectivity index (χ0v) is 15.0. The van der Waals surface area contributed by atoms with Crippen molar-refractivity contribution in [2.24, 2.45) is 11.3 Å². The number of methoxy groups -OCH3 is 1. The third-order valence-electron chi connectivity index (χ3n) is 4.03. The summed E-state index contributed by atoms with van der Waals surface area (Å²) in [4.78, 5) is 39.7. The van der Waals surface area contributed by atoms with Crippen LogP contribution in [0.4, 0.5) is 4.79 Å². The van der Waals surface area contributed by atoms with Gasteiger partial charge in [-0.25, -0.2) is 9.59 Å². The summed E-state index contributed by atoms with van der Waals surface area (Å²) < 4.78 is 4.79. The number of rotatable bonds is 3. The first-order valence-electron chi connectivity index (χ1n) is 7.92. The minimum atomic E-state index is -0.708. The molecule has 2 atom stereocenters. The smallest absolute Gasteiger partial charge is 0.328 e. The molecule has 3 amide bonds. The fourth-order valence-electron chi connectivity index (χ4n) is 2.65. The number of esters is 1. The summed E-state index contributed by atoms with van der Waals surface area (Å²) in [6.07, 6.45) is 1.48. The third-order valence-corrected chi connectivity index (χ3v) is 4.03. The molecule has 0 saturated carbocycles. The van der Waals surface area contributed by atoms with E-state index in [1.54, 1.807) is 19.0 Å². The lowest BCUT2D eigenvalue weighted by atomic mass is 9.86. The Balaban J connectivity index is 2.76. The van der Waals surface area contributed by atoms with Crippen LogP contribution in [0, 0.1) is 11.3 Å². The molecule has 0 aliphatic carbocycles. The first-order chi connectivity index (χ1) is 10.6. The number of nitrogens with one attached hydrogen (secondary N) is 1. The molecule has 0 bridgehead atoms. The normalized spacial score (nSPS) is 19.7. The van der Waals surface area contributed by atoms with Gasteiger partial charge in [0.15, 0.2) is 0 Å². The Labute approximate surface area is 138 Å². The van der Waals surface area contributed by atoms with Gasteiger partial charge in [-0.2, -0.15) is 0 Å². The van der Waals surface area contributed by atoms with Crippen LogP contribution < -0.4 is 5.32 Å². The molecule has 1 aliphatic rings. The molecule has 0 aromatic heterocycles. The van der Waals surface area contributed by atoms with Crippen molar-refractivity contribution in [1.29, 1.82) is 0 Å². The summed E-state index contributed by atoms with van der Waals surface area (Å²) in [6, 6.07) is -0.803. The quantitative estimate of drug-likeness (QED) is 0.787. The van der Waals surface area contributed by atoms with Crippen molar-refractivity contribution >= 4 is 17.9 Å². The minimum absolute atomic E-state index is 0.0946. The Bertz CT molecular complexity index is 457. The lowest BCUT2D eigenvalue weighted by molar-refractivity contribution is -0.149. The maximum atomic E-state index is 12.5. The number of amides is 3. The average molecular weight is 327 g/mol. The molecular formula is C16H29N3O4. The molecule has 1 rings (SSSR count). The number of hydrogen-bond donors (Lipinski definition) is 1. The lowest BCUT2D eigenvalue weighted by Gasteiger charge is -2.35. The first kappa shape index (κ1) is 19.3. The van der Waals surface area contributed by atoms with Gasteiger partial charge in [-0.05, 0) is 18.3 Å². The van der Waals surface area contributed by atoms with Crippen LogP contribution in [0.5, 0.6) is 0 Å². The van der Waals surface area contributed by atoms with Crippen molar-refractivity contribution in [1.82, 2.24) is 15.1 Å². The van der Waals surface area contributed by atoms with E-state index in [0.717, 1.165) is 6.42 Å². The molecular weight excluding hydrogens is 298 g/mol. The molecule has 0 aromatic rings. The van der Waals surface area contributed by atoms with Gasteiger partial charge in [-0.1, -0.05) is 20.8 Å². The van der Waals surface area contributed by atoms with Crippen LogP contribution in [0.25, 0.3) is 0 Å². The highest BCUT2D eigenvalue weighted by atomic mass is 16.5. The van der Waals surface area contributed by atoms with E-state index >= 15 is 0 Å². The topological polar surface area (TPSA) is 79.0 Å². The van der Waals surface area contributed by atoms with Crippen LogP contribution in [-0.2, 0) is 14.3 Å². The summed E-state index contributed by atoms with van der Waals surface area (Å²) in [5.41, 5.74) is -0.448. The Morgan fingerprint density at radius 2 is 1.87 bits per heavy atom. The van der Waals surface area contributed by atoms with Crippen molar-refractivity contribution in [2.45, 2.75) is 39.7 Å². The molecule has 1 saturated heterocycles. The molecule has 1 heterocycles. The summed E-state index contributed by atoms with van der Waals surface area (Å²) in [6.45, 7) is 6.65. The van der Waals surface area contributed by atoms with E-state index in [1.165, 1.54) is 12.0 Å². The van der Waals surface area contributed by atoms with Gasteiger partial charge in [0, 0.05) is 27.2 Å². The second-order valence-corrected chi connectivity index (χ2v) is 7.29. The van der Waals surface area contributed by atoms with Crippen molar-refractivity contribution < 1.29 is 19.1 Å². The van der Waals surface area contributed by atoms with Crippen LogP contribution in [0.15, 0.2) is 0 Å². The van der Waals surface area contributed by atoms with E-state index in [9.17, 15) is 14.4 Å². The highest BCUT2D eigenvalue weighted by Crippen LogP contribution is 2.23. The highest BCUT2D eigenvalue weighted by molar-refractivity contribution is 5.87. The zero-order chi connectivity index (χ0) is 17.8. The summed E-state index contributed by atoms with van der Waals surface area (Å²) in [5.74, 6) is -0.961. The SMILES string of the molecule is COC(=O)[C@H](NC(=O)[C@@H]1CCCN(C(=O)N(C)C)C1)C(C)(C)C. The zero-order valence-electron chi connectivity index (χ0n) is 15.0. The largest absolute Gasteiger partial charge is 0.467 e. The van der Waals surface area contributed by atoms with Gasteiger partial charge < -0.3 is 19.9 Å². The van der Waals surface area contributed by atoms with Crippen molar-refractivity contribution in [3.05, 3.63) is 0 Å². The predicted octanol–water partition coefficient (Wildman–Crippen LogP) is 1.08. The summed E-state index contributed by atoms with van der Waals surface area (Å²) in [7, 11) is 4.70. The lowest BCUT2D eigenvalue weighted by Crippen LogP contribution is -2.54. The number of piperidine rings is 1. The fourth-order valence-corrected chi connectivity index (χ4v) is 2.65. The average Bonchev–Trinajstić information content (AvgIpc) is 2.49. The van der Waals surface area contributed by atoms with Crippen molar-refractivity contribution in [2.75, 3.05) is 34.3 Å². The Hall–Kier alpha value is -1.79. The number of ether oxygens (including phenoxy) is 1. The van der Waals surface area contributed by atoms with E-state index in [-0.39, 0.29) is 17.9 Å². The number of urea groups is 1. The van der Waals surface area contributed by atoms with E-state index < -0.39 is 17.4 Å². The van der Waals surface area contributed by atoms with Gasteiger partial charge in [0.25, 0.3) is 0 Å². The molecule has 0 radical (unpaired) electrons. The summed E-state index contributed by atoms with van der Waals surface area (Å²) >= 11 is 0. The monoisotopic (exact) mass is 327 g/mol. The molecule has 1 N–H and O–H groups in total. The molecule has 0 spiro atoms. The van der Waals surface area contributed by atoms with Crippen molar-refractivity contribution in [3.63, 3.8) is 0 Å². The van der Waals surface area contributed by atoms with Crippen LogP contribution in [0.2, 0.25) is 0 Å². The Morgan fingerprint density at radius 3 is 2.35 bits per heavy atom. The number of likely N-dealkylation sites (tertiary alicyclic amines) is 1. The second kappa shape index (κ2) is 7.66. The van der Waals surface area contributed by atoms with E-state index in [4.69, 9.17) is 4.74 Å². The van der Waals surface area contributed by atoms with Crippen LogP contribution in [0.3, 0.4) is 0 Å². The van der Waals surface area contributed by atoms with E-state index in [2.05, 4.69) is 5.32 Å². The first-order valence-corrected chi connectivity index (χ1v) is 7.92. The number of nitrogens with zero attached hydrogens (tertiary/aromatic N) is 2. The van der Waals surface area contributed by atoms with Gasteiger partial charge in [0.05, 0.1) is 13.0 Å². The third kappa shape index (κ3) is 5.11. The number of carbonyl (C=O) groups is 3. The molecule has 0 unspecified atom stereocenters. The van der Waals surface area contributed by atoms with Crippen LogP contribution >= 0.6 is 0 Å². The maximum absolute atomic E-state index is 12.5. The van der Waals surface area contributed by atoms with Crippen LogP contribution in [-0.4, -0.2) is 68.0 Å². The summed E-state index contributed by atoms with van der Waals surface area (Å²) in [5, 5.41) is 2.80. The van der Waals surface area contributed by atoms with Gasteiger partial charge >= 0.3 is 12.0 Å². The van der Waals surface area contributed by atoms with Gasteiger partial charge in [0.1, 0.15) is 6.04 Å². The molecule has 1 fully saturated rings. The second-order valence-electron chi connectivity index (χ2n) is 7.29. The maximum Gasteiger partial charge on any atom is 0.328 e. The fraction of sp³-hybridized carbons (Fsp3) is 0.812. The van der Waals surface area contributed by atoms with Gasteiger partial charge in [-0.15, -0.1) is 0 Å². The molecule has 7 heteroatoms. The number of carbonyl (C=O) groups excluding carboxylic acids is 3. The molecule has 1 aliphatic heterocycles. The van der Waals surface area contributed by atoms with E-state index in [0.29, 0.717) is 19.5 Å². The van der Waals surface area contributed by atoms with Gasteiger partial charge in [0.2, 0.25) is 5.91 Å². The predicted molar refractivity (Wildman–Crippen MR) is 86.8 cm³/mol. The molecule has 0 aromatic carbocycles. The number of hydrogen-bond acceptors (Lipinski definition) is 4. The minimum Gasteiger partial charge on any atom is -0.467 e. The van der Waals surface area contributed by atoms with Crippen LogP contribution in [0.1, 0.15) is 33.6 Å². The molecule has 132 valence electrons. The van der Waals surface area contributed by atoms with Gasteiger partial charge in [-0.3, -0.25) is 4.79 Å². The Morgan fingerprint density at radius 1 is 1.26 bits per heavy atom. The molecule has 7 nitrogen and oxygen atoms in total. The standard InChI is InChI=1S/C16H29N3O4/c1-16(2,3)12(14(21)23-6)17-13(20)11-8-7-9-19(10-11)15(22)18(4)5/h11-12H,7-10H2,1-6H3,(H,17,20)/t11-,12+/m1/s1. The van der Waals surface area contributed by atoms with E-state index in [1.807, 2.05) is 20.8 Å².